The van der Waals surface area contributed by atoms with Crippen LogP contribution >= 0.6 is 0 Å². The molecule has 2 aliphatic rings. The molecule has 5 nitrogen and oxygen atoms in total. The van der Waals surface area contributed by atoms with Gasteiger partial charge in [-0.05, 0) is 30.9 Å². The molecule has 2 saturated heterocycles. The summed E-state index contributed by atoms with van der Waals surface area (Å²) in [4.78, 5) is 23.7. The molecule has 0 aliphatic carbocycles. The third kappa shape index (κ3) is 2.08. The van der Waals surface area contributed by atoms with E-state index in [0.29, 0.717) is 23.0 Å². The van der Waals surface area contributed by atoms with Gasteiger partial charge in [-0.3, -0.25) is 14.8 Å². The summed E-state index contributed by atoms with van der Waals surface area (Å²) in [7, 11) is 0. The Morgan fingerprint density at radius 2 is 2.14 bits per heavy atom. The first-order chi connectivity index (χ1) is 10.3. The van der Waals surface area contributed by atoms with Crippen molar-refractivity contribution in [2.24, 2.45) is 5.92 Å². The number of carbonyl (C=O) groups is 1. The van der Waals surface area contributed by atoms with Gasteiger partial charge in [0.15, 0.2) is 0 Å². The molecule has 2 unspecified atom stereocenters. The van der Waals surface area contributed by atoms with E-state index in [1.54, 1.807) is 12.4 Å². The van der Waals surface area contributed by atoms with E-state index in [-0.39, 0.29) is 5.91 Å². The molecule has 21 heavy (non-hydrogen) atoms. The van der Waals surface area contributed by atoms with E-state index in [9.17, 15) is 4.79 Å². The zero-order valence-corrected chi connectivity index (χ0v) is 11.8. The number of hydrogen-bond donors (Lipinski definition) is 1. The van der Waals surface area contributed by atoms with Gasteiger partial charge in [0.05, 0.1) is 11.1 Å². The second-order valence-electron chi connectivity index (χ2n) is 5.86. The first kappa shape index (κ1) is 12.7. The van der Waals surface area contributed by atoms with Crippen LogP contribution in [-0.4, -0.2) is 46.5 Å². The fourth-order valence-corrected chi connectivity index (χ4v) is 3.64. The lowest BCUT2D eigenvalue weighted by Crippen LogP contribution is -2.48. The Kier molecular flexibility index (Phi) is 3.07. The number of aromatic nitrogens is 2. The largest absolute Gasteiger partial charge is 0.334 e. The monoisotopic (exact) mass is 282 g/mol. The van der Waals surface area contributed by atoms with Gasteiger partial charge in [0.1, 0.15) is 5.52 Å². The van der Waals surface area contributed by atoms with Crippen molar-refractivity contribution in [2.75, 3.05) is 19.6 Å². The van der Waals surface area contributed by atoms with Crippen LogP contribution in [0.1, 0.15) is 23.2 Å². The highest BCUT2D eigenvalue weighted by Gasteiger charge is 2.37. The Hall–Kier alpha value is -2.01. The van der Waals surface area contributed by atoms with Crippen LogP contribution in [0, 0.1) is 5.92 Å². The van der Waals surface area contributed by atoms with Crippen molar-refractivity contribution in [3.8, 4) is 0 Å². The number of benzene rings is 1. The number of rotatable bonds is 1. The normalized spacial score (nSPS) is 25.0. The Morgan fingerprint density at radius 3 is 3.10 bits per heavy atom. The smallest absolute Gasteiger partial charge is 0.256 e. The average molecular weight is 282 g/mol. The maximum atomic E-state index is 13.0. The lowest BCUT2D eigenvalue weighted by molar-refractivity contribution is 0.0576. The van der Waals surface area contributed by atoms with E-state index in [2.05, 4.69) is 15.3 Å². The summed E-state index contributed by atoms with van der Waals surface area (Å²) in [5, 5.41) is 3.42. The molecule has 1 amide bonds. The summed E-state index contributed by atoms with van der Waals surface area (Å²) >= 11 is 0. The maximum Gasteiger partial charge on any atom is 0.256 e. The summed E-state index contributed by atoms with van der Waals surface area (Å²) < 4.78 is 0. The van der Waals surface area contributed by atoms with Crippen LogP contribution in [0.3, 0.4) is 0 Å². The predicted octanol–water partition coefficient (Wildman–Crippen LogP) is 1.45. The molecular formula is C16H18N4O. The Labute approximate surface area is 123 Å². The molecule has 0 bridgehead atoms. The predicted molar refractivity (Wildman–Crippen MR) is 80.0 cm³/mol. The zero-order chi connectivity index (χ0) is 14.2. The molecule has 1 aromatic heterocycles. The molecule has 0 saturated carbocycles. The average Bonchev–Trinajstić information content (AvgIpc) is 3.02. The number of hydrogen-bond acceptors (Lipinski definition) is 4. The van der Waals surface area contributed by atoms with Crippen molar-refractivity contribution in [1.29, 1.82) is 0 Å². The Balaban J connectivity index is 1.73. The first-order valence-corrected chi connectivity index (χ1v) is 7.56. The summed E-state index contributed by atoms with van der Waals surface area (Å²) in [6, 6.07) is 5.98. The number of amides is 1. The van der Waals surface area contributed by atoms with E-state index < -0.39 is 0 Å². The van der Waals surface area contributed by atoms with Crippen molar-refractivity contribution in [1.82, 2.24) is 20.2 Å². The van der Waals surface area contributed by atoms with Crippen molar-refractivity contribution < 1.29 is 4.79 Å². The molecule has 0 spiro atoms. The Bertz CT molecular complexity index is 682. The first-order valence-electron chi connectivity index (χ1n) is 7.56. The van der Waals surface area contributed by atoms with Gasteiger partial charge in [-0.25, -0.2) is 0 Å². The quantitative estimate of drug-likeness (QED) is 0.860. The highest BCUT2D eigenvalue weighted by atomic mass is 16.2. The SMILES string of the molecule is O=C(c1cccc2nccnc12)N1CCCC2CNCC21. The molecule has 108 valence electrons. The van der Waals surface area contributed by atoms with E-state index >= 15 is 0 Å². The van der Waals surface area contributed by atoms with Gasteiger partial charge >= 0.3 is 0 Å². The topological polar surface area (TPSA) is 58.1 Å². The summed E-state index contributed by atoms with van der Waals surface area (Å²) in [5.41, 5.74) is 2.16. The van der Waals surface area contributed by atoms with Gasteiger partial charge in [0.25, 0.3) is 5.91 Å². The highest BCUT2D eigenvalue weighted by molar-refractivity contribution is 6.04. The lowest BCUT2D eigenvalue weighted by Gasteiger charge is -2.37. The zero-order valence-electron chi connectivity index (χ0n) is 11.8. The van der Waals surface area contributed by atoms with Gasteiger partial charge in [-0.15, -0.1) is 0 Å². The van der Waals surface area contributed by atoms with Crippen LogP contribution in [0.25, 0.3) is 11.0 Å². The lowest BCUT2D eigenvalue weighted by atomic mass is 9.91. The van der Waals surface area contributed by atoms with Gasteiger partial charge in [-0.1, -0.05) is 6.07 Å². The summed E-state index contributed by atoms with van der Waals surface area (Å²) in [6.07, 6.45) is 5.62. The number of likely N-dealkylation sites (tertiary alicyclic amines) is 1. The highest BCUT2D eigenvalue weighted by Crippen LogP contribution is 2.28. The third-order valence-corrected chi connectivity index (χ3v) is 4.67. The van der Waals surface area contributed by atoms with Crippen LogP contribution in [0.4, 0.5) is 0 Å². The second-order valence-corrected chi connectivity index (χ2v) is 5.86. The van der Waals surface area contributed by atoms with E-state index in [0.717, 1.165) is 31.6 Å². The molecule has 4 rings (SSSR count). The van der Waals surface area contributed by atoms with Crippen molar-refractivity contribution >= 4 is 16.9 Å². The molecular weight excluding hydrogens is 264 g/mol. The molecule has 2 atom stereocenters. The number of carbonyl (C=O) groups excluding carboxylic acids is 1. The van der Waals surface area contributed by atoms with E-state index in [4.69, 9.17) is 0 Å². The standard InChI is InChI=1S/C16H18N4O/c21-16(20-8-2-3-11-9-17-10-14(11)20)12-4-1-5-13-15(12)19-7-6-18-13/h1,4-7,11,14,17H,2-3,8-10H2. The van der Waals surface area contributed by atoms with Crippen molar-refractivity contribution in [3.05, 3.63) is 36.2 Å². The van der Waals surface area contributed by atoms with Crippen LogP contribution in [-0.2, 0) is 0 Å². The van der Waals surface area contributed by atoms with Crippen LogP contribution in [0.5, 0.6) is 0 Å². The fraction of sp³-hybridized carbons (Fsp3) is 0.438. The maximum absolute atomic E-state index is 13.0. The summed E-state index contributed by atoms with van der Waals surface area (Å²) in [5.74, 6) is 0.697. The fourth-order valence-electron chi connectivity index (χ4n) is 3.64. The molecule has 1 aromatic carbocycles. The molecule has 2 aromatic rings. The second kappa shape index (κ2) is 5.07. The van der Waals surface area contributed by atoms with Crippen LogP contribution in [0.2, 0.25) is 0 Å². The van der Waals surface area contributed by atoms with E-state index in [1.165, 1.54) is 6.42 Å². The van der Waals surface area contributed by atoms with Crippen LogP contribution in [0.15, 0.2) is 30.6 Å². The van der Waals surface area contributed by atoms with Gasteiger partial charge < -0.3 is 10.2 Å². The molecule has 2 fully saturated rings. The number of piperidine rings is 1. The minimum absolute atomic E-state index is 0.0968. The molecule has 1 N–H and O–H groups in total. The number of nitrogens with one attached hydrogen (secondary N) is 1. The van der Waals surface area contributed by atoms with Gasteiger partial charge in [-0.2, -0.15) is 0 Å². The minimum Gasteiger partial charge on any atom is -0.334 e. The van der Waals surface area contributed by atoms with Gasteiger partial charge in [0.2, 0.25) is 0 Å². The molecule has 3 heterocycles. The van der Waals surface area contributed by atoms with Crippen molar-refractivity contribution in [2.45, 2.75) is 18.9 Å². The van der Waals surface area contributed by atoms with Crippen molar-refractivity contribution in [3.63, 3.8) is 0 Å². The molecule has 2 aliphatic heterocycles. The van der Waals surface area contributed by atoms with Gasteiger partial charge in [0, 0.05) is 38.1 Å². The number of fused-ring (bicyclic) bond motifs is 2. The Morgan fingerprint density at radius 1 is 1.24 bits per heavy atom. The third-order valence-electron chi connectivity index (χ3n) is 4.67. The summed E-state index contributed by atoms with van der Waals surface area (Å²) in [6.45, 7) is 2.79. The molecule has 0 radical (unpaired) electrons. The van der Waals surface area contributed by atoms with E-state index in [1.807, 2.05) is 23.1 Å². The minimum atomic E-state index is 0.0968. The van der Waals surface area contributed by atoms with Crippen LogP contribution < -0.4 is 5.32 Å². The number of para-hydroxylation sites is 1. The number of nitrogens with zero attached hydrogens (tertiary/aromatic N) is 3. The molecule has 5 heteroatoms.